The van der Waals surface area contributed by atoms with Crippen LogP contribution in [-0.2, 0) is 10.3 Å². The molecule has 0 spiro atoms. The maximum Gasteiger partial charge on any atom is 0.333 e. The normalized spacial score (nSPS) is 16.7. The van der Waals surface area contributed by atoms with Crippen molar-refractivity contribution in [2.75, 3.05) is 4.90 Å². The number of carbonyl (C=O) groups is 2. The van der Waals surface area contributed by atoms with Gasteiger partial charge in [-0.1, -0.05) is 18.2 Å². The second-order valence-electron chi connectivity index (χ2n) is 7.30. The van der Waals surface area contributed by atoms with E-state index in [1.165, 1.54) is 0 Å². The summed E-state index contributed by atoms with van der Waals surface area (Å²) in [7, 11) is 0. The fraction of sp³-hybridized carbons (Fsp3) is 0.300. The molecule has 1 aliphatic heterocycles. The molecule has 5 heteroatoms. The molecule has 1 fully saturated rings. The molecular weight excluding hydrogens is 314 g/mol. The average Bonchev–Trinajstić information content (AvgIpc) is 2.96. The van der Waals surface area contributed by atoms with Crippen molar-refractivity contribution in [3.8, 4) is 0 Å². The van der Waals surface area contributed by atoms with Crippen LogP contribution in [-0.4, -0.2) is 16.5 Å². The first kappa shape index (κ1) is 17.0. The first-order chi connectivity index (χ1) is 11.7. The summed E-state index contributed by atoms with van der Waals surface area (Å²) in [4.78, 5) is 26.1. The van der Waals surface area contributed by atoms with E-state index in [1.807, 2.05) is 26.0 Å². The second-order valence-corrected chi connectivity index (χ2v) is 7.30. The van der Waals surface area contributed by atoms with Gasteiger partial charge in [0.15, 0.2) is 0 Å². The number of aryl methyl sites for hydroxylation is 1. The number of nitrogens with zero attached hydrogens (tertiary/aromatic N) is 2. The molecule has 25 heavy (non-hydrogen) atoms. The molecule has 1 aliphatic rings. The van der Waals surface area contributed by atoms with Gasteiger partial charge in [-0.3, -0.25) is 4.79 Å². The lowest BCUT2D eigenvalue weighted by Crippen LogP contribution is -2.30. The molecule has 0 saturated carbocycles. The van der Waals surface area contributed by atoms with E-state index in [-0.39, 0.29) is 11.4 Å². The number of carbonyl (C=O) groups excluding carboxylic acids is 2. The zero-order valence-corrected chi connectivity index (χ0v) is 15.3. The predicted octanol–water partition coefficient (Wildman–Crippen LogP) is 3.96. The van der Waals surface area contributed by atoms with E-state index < -0.39 is 6.03 Å². The number of rotatable bonds is 2. The van der Waals surface area contributed by atoms with Gasteiger partial charge in [-0.15, -0.1) is 0 Å². The smallest absolute Gasteiger partial charge is 0.333 e. The lowest BCUT2D eigenvalue weighted by atomic mass is 10.1. The molecule has 3 rings (SSSR count). The van der Waals surface area contributed by atoms with Gasteiger partial charge in [-0.2, -0.15) is 0 Å². The second kappa shape index (κ2) is 5.92. The van der Waals surface area contributed by atoms with E-state index in [1.54, 1.807) is 30.3 Å². The summed E-state index contributed by atoms with van der Waals surface area (Å²) in [5, 5.41) is 2.68. The van der Waals surface area contributed by atoms with E-state index in [9.17, 15) is 9.59 Å². The van der Waals surface area contributed by atoms with E-state index in [2.05, 4.69) is 30.7 Å². The number of hydrogen-bond donors (Lipinski definition) is 1. The first-order valence-corrected chi connectivity index (χ1v) is 8.32. The highest BCUT2D eigenvalue weighted by Crippen LogP contribution is 2.27. The Morgan fingerprint density at radius 2 is 1.68 bits per heavy atom. The predicted molar refractivity (Wildman–Crippen MR) is 99.3 cm³/mol. The highest BCUT2D eigenvalue weighted by Gasteiger charge is 2.35. The Morgan fingerprint density at radius 1 is 1.04 bits per heavy atom. The Hall–Kier alpha value is -2.82. The molecule has 5 nitrogen and oxygen atoms in total. The SMILES string of the molecule is Cc1cc(/C=C2/NC(=O)N(c3ccccc3)C2=O)c(C)n1C(C)(C)C. The zero-order valence-electron chi connectivity index (χ0n) is 15.3. The van der Waals surface area contributed by atoms with Gasteiger partial charge in [0.2, 0.25) is 0 Å². The zero-order chi connectivity index (χ0) is 18.4. The fourth-order valence-electron chi connectivity index (χ4n) is 3.47. The fourth-order valence-corrected chi connectivity index (χ4v) is 3.47. The molecular formula is C20H23N3O2. The van der Waals surface area contributed by atoms with Gasteiger partial charge in [-0.25, -0.2) is 9.69 Å². The summed E-state index contributed by atoms with van der Waals surface area (Å²) in [6.45, 7) is 10.5. The van der Waals surface area contributed by atoms with Gasteiger partial charge in [0, 0.05) is 16.9 Å². The van der Waals surface area contributed by atoms with E-state index in [4.69, 9.17) is 0 Å². The summed E-state index contributed by atoms with van der Waals surface area (Å²) in [5.41, 5.74) is 3.93. The Balaban J connectivity index is 1.99. The van der Waals surface area contributed by atoms with Gasteiger partial charge in [-0.05, 0) is 64.5 Å². The van der Waals surface area contributed by atoms with Crippen LogP contribution in [0.3, 0.4) is 0 Å². The summed E-state index contributed by atoms with van der Waals surface area (Å²) in [5.74, 6) is -0.336. The van der Waals surface area contributed by atoms with Crippen LogP contribution >= 0.6 is 0 Å². The van der Waals surface area contributed by atoms with Crippen molar-refractivity contribution in [2.45, 2.75) is 40.2 Å². The van der Waals surface area contributed by atoms with E-state index in [0.717, 1.165) is 21.9 Å². The van der Waals surface area contributed by atoms with Gasteiger partial charge in [0.1, 0.15) is 5.70 Å². The van der Waals surface area contributed by atoms with Crippen LogP contribution in [0.2, 0.25) is 0 Å². The minimum absolute atomic E-state index is 0.0517. The third kappa shape index (κ3) is 2.97. The Labute approximate surface area is 147 Å². The molecule has 2 heterocycles. The third-order valence-corrected chi connectivity index (χ3v) is 4.33. The van der Waals surface area contributed by atoms with Crippen molar-refractivity contribution in [3.63, 3.8) is 0 Å². The highest BCUT2D eigenvalue weighted by atomic mass is 16.2. The Bertz CT molecular complexity index is 870. The number of aromatic nitrogens is 1. The standard InChI is InChI=1S/C20H23N3O2/c1-13-11-15(14(2)23(13)20(3,4)5)12-17-18(24)22(19(25)21-17)16-9-7-6-8-10-16/h6-12H,1-5H3,(H,21,25)/b17-12+. The number of para-hydroxylation sites is 1. The van der Waals surface area contributed by atoms with Crippen molar-refractivity contribution in [2.24, 2.45) is 0 Å². The molecule has 0 aliphatic carbocycles. The van der Waals surface area contributed by atoms with Crippen molar-refractivity contribution < 1.29 is 9.59 Å². The van der Waals surface area contributed by atoms with Gasteiger partial charge >= 0.3 is 6.03 Å². The molecule has 1 aromatic heterocycles. The summed E-state index contributed by atoms with van der Waals surface area (Å²) < 4.78 is 2.23. The van der Waals surface area contributed by atoms with Gasteiger partial charge < -0.3 is 9.88 Å². The van der Waals surface area contributed by atoms with E-state index >= 15 is 0 Å². The van der Waals surface area contributed by atoms with Crippen molar-refractivity contribution >= 4 is 23.7 Å². The first-order valence-electron chi connectivity index (χ1n) is 8.32. The molecule has 3 amide bonds. The molecule has 130 valence electrons. The minimum atomic E-state index is -0.424. The van der Waals surface area contributed by atoms with Crippen molar-refractivity contribution in [1.82, 2.24) is 9.88 Å². The van der Waals surface area contributed by atoms with Crippen molar-refractivity contribution in [3.05, 3.63) is 59.0 Å². The summed E-state index contributed by atoms with van der Waals surface area (Å²) in [6.07, 6.45) is 1.76. The Morgan fingerprint density at radius 3 is 2.24 bits per heavy atom. The number of benzene rings is 1. The number of amides is 3. The number of hydrogen-bond acceptors (Lipinski definition) is 2. The molecule has 0 unspecified atom stereocenters. The number of nitrogens with one attached hydrogen (secondary N) is 1. The highest BCUT2D eigenvalue weighted by molar-refractivity contribution is 6.28. The van der Waals surface area contributed by atoms with Crippen LogP contribution in [0.5, 0.6) is 0 Å². The Kier molecular flexibility index (Phi) is 4.03. The maximum atomic E-state index is 12.7. The number of imide groups is 1. The number of urea groups is 1. The van der Waals surface area contributed by atoms with Gasteiger partial charge in [0.05, 0.1) is 5.69 Å². The lowest BCUT2D eigenvalue weighted by molar-refractivity contribution is -0.113. The molecule has 0 bridgehead atoms. The topological polar surface area (TPSA) is 54.3 Å². The largest absolute Gasteiger partial charge is 0.343 e. The molecule has 1 N–H and O–H groups in total. The molecule has 2 aromatic rings. The van der Waals surface area contributed by atoms with Crippen LogP contribution < -0.4 is 10.2 Å². The quantitative estimate of drug-likeness (QED) is 0.666. The average molecular weight is 337 g/mol. The van der Waals surface area contributed by atoms with Crippen LogP contribution in [0, 0.1) is 13.8 Å². The monoisotopic (exact) mass is 337 g/mol. The van der Waals surface area contributed by atoms with Crippen molar-refractivity contribution in [1.29, 1.82) is 0 Å². The van der Waals surface area contributed by atoms with Crippen LogP contribution in [0.4, 0.5) is 10.5 Å². The van der Waals surface area contributed by atoms with Crippen LogP contribution in [0.15, 0.2) is 42.1 Å². The third-order valence-electron chi connectivity index (χ3n) is 4.33. The lowest BCUT2D eigenvalue weighted by Gasteiger charge is -2.25. The van der Waals surface area contributed by atoms with Crippen LogP contribution in [0.25, 0.3) is 6.08 Å². The molecule has 1 aromatic carbocycles. The number of anilines is 1. The molecule has 0 radical (unpaired) electrons. The maximum absolute atomic E-state index is 12.7. The molecule has 1 saturated heterocycles. The van der Waals surface area contributed by atoms with Crippen LogP contribution in [0.1, 0.15) is 37.7 Å². The van der Waals surface area contributed by atoms with Gasteiger partial charge in [0.25, 0.3) is 5.91 Å². The minimum Gasteiger partial charge on any atom is -0.343 e. The van der Waals surface area contributed by atoms with E-state index in [0.29, 0.717) is 11.4 Å². The summed E-state index contributed by atoms with van der Waals surface area (Å²) in [6, 6.07) is 10.5. The summed E-state index contributed by atoms with van der Waals surface area (Å²) >= 11 is 0. The molecule has 0 atom stereocenters.